The summed E-state index contributed by atoms with van der Waals surface area (Å²) in [6.07, 6.45) is 2.19. The van der Waals surface area contributed by atoms with Gasteiger partial charge in [0.1, 0.15) is 11.6 Å². The lowest BCUT2D eigenvalue weighted by atomic mass is 10.1. The summed E-state index contributed by atoms with van der Waals surface area (Å²) in [5.41, 5.74) is 1.28. The van der Waals surface area contributed by atoms with Gasteiger partial charge in [0.25, 0.3) is 5.91 Å². The molecule has 26 heavy (non-hydrogen) atoms. The van der Waals surface area contributed by atoms with Crippen molar-refractivity contribution in [3.05, 3.63) is 59.5 Å². The highest BCUT2D eigenvalue weighted by Crippen LogP contribution is 2.11. The average molecular weight is 356 g/mol. The van der Waals surface area contributed by atoms with Gasteiger partial charge in [-0.1, -0.05) is 25.1 Å². The van der Waals surface area contributed by atoms with Gasteiger partial charge in [-0.25, -0.2) is 9.37 Å². The number of pyridine rings is 1. The fourth-order valence-corrected chi connectivity index (χ4v) is 3.10. The smallest absolute Gasteiger partial charge is 0.255 e. The topological polar surface area (TPSA) is 48.5 Å². The van der Waals surface area contributed by atoms with Crippen molar-refractivity contribution in [2.45, 2.75) is 13.3 Å². The Morgan fingerprint density at radius 3 is 2.58 bits per heavy atom. The third-order valence-electron chi connectivity index (χ3n) is 4.78. The highest BCUT2D eigenvalue weighted by Gasteiger charge is 2.21. The lowest BCUT2D eigenvalue weighted by Crippen LogP contribution is -2.48. The van der Waals surface area contributed by atoms with E-state index in [1.54, 1.807) is 30.5 Å². The van der Waals surface area contributed by atoms with Gasteiger partial charge >= 0.3 is 0 Å². The Balaban J connectivity index is 1.50. The molecule has 1 aromatic carbocycles. The van der Waals surface area contributed by atoms with E-state index >= 15 is 0 Å². The van der Waals surface area contributed by atoms with E-state index in [9.17, 15) is 9.18 Å². The molecular formula is C20H25FN4O. The van der Waals surface area contributed by atoms with Gasteiger partial charge in [-0.3, -0.25) is 4.79 Å². The van der Waals surface area contributed by atoms with E-state index in [2.05, 4.69) is 22.1 Å². The molecule has 1 aliphatic heterocycles. The van der Waals surface area contributed by atoms with Crippen LogP contribution >= 0.6 is 0 Å². The molecule has 138 valence electrons. The van der Waals surface area contributed by atoms with Crippen LogP contribution in [0.25, 0.3) is 0 Å². The van der Waals surface area contributed by atoms with Gasteiger partial charge in [0.2, 0.25) is 0 Å². The molecule has 1 saturated heterocycles. The van der Waals surface area contributed by atoms with Crippen molar-refractivity contribution in [1.82, 2.24) is 14.8 Å². The van der Waals surface area contributed by atoms with Crippen LogP contribution in [0.15, 0.2) is 42.6 Å². The maximum atomic E-state index is 13.6. The molecule has 1 aliphatic rings. The molecule has 5 nitrogen and oxygen atoms in total. The standard InChI is InChI=1S/C20H25FN4O/c1-2-24-11-13-25(14-12-24)20(26)17-7-8-19(23-15-17)22-10-9-16-5-3-4-6-18(16)21/h3-8,15H,2,9-14H2,1H3,(H,22,23). The van der Waals surface area contributed by atoms with Gasteiger partial charge < -0.3 is 15.1 Å². The van der Waals surface area contributed by atoms with Gasteiger partial charge in [-0.15, -0.1) is 0 Å². The molecule has 0 radical (unpaired) electrons. The van der Waals surface area contributed by atoms with E-state index in [0.717, 1.165) is 32.7 Å². The average Bonchev–Trinajstić information content (AvgIpc) is 2.69. The van der Waals surface area contributed by atoms with Crippen LogP contribution in [0.1, 0.15) is 22.8 Å². The van der Waals surface area contributed by atoms with E-state index in [-0.39, 0.29) is 11.7 Å². The molecule has 2 aromatic rings. The van der Waals surface area contributed by atoms with E-state index in [1.165, 1.54) is 6.07 Å². The van der Waals surface area contributed by atoms with E-state index in [1.807, 2.05) is 11.0 Å². The number of hydrogen-bond acceptors (Lipinski definition) is 4. The number of carbonyl (C=O) groups is 1. The highest BCUT2D eigenvalue weighted by molar-refractivity contribution is 5.94. The minimum Gasteiger partial charge on any atom is -0.370 e. The number of rotatable bonds is 6. The van der Waals surface area contributed by atoms with Crippen LogP contribution in [0.5, 0.6) is 0 Å². The monoisotopic (exact) mass is 356 g/mol. The van der Waals surface area contributed by atoms with Gasteiger partial charge in [0, 0.05) is 38.9 Å². The zero-order valence-electron chi connectivity index (χ0n) is 15.1. The Kier molecular flexibility index (Phi) is 6.17. The number of piperazine rings is 1. The molecule has 0 saturated carbocycles. The van der Waals surface area contributed by atoms with Gasteiger partial charge in [-0.05, 0) is 36.7 Å². The number of halogens is 1. The predicted octanol–water partition coefficient (Wildman–Crippen LogP) is 2.65. The summed E-state index contributed by atoms with van der Waals surface area (Å²) in [6.45, 7) is 7.11. The molecule has 3 rings (SSSR count). The summed E-state index contributed by atoms with van der Waals surface area (Å²) < 4.78 is 13.6. The highest BCUT2D eigenvalue weighted by atomic mass is 19.1. The minimum absolute atomic E-state index is 0.0335. The van der Waals surface area contributed by atoms with E-state index < -0.39 is 0 Å². The van der Waals surface area contributed by atoms with Gasteiger partial charge in [-0.2, -0.15) is 0 Å². The number of carbonyl (C=O) groups excluding carboxylic acids is 1. The largest absolute Gasteiger partial charge is 0.370 e. The van der Waals surface area contributed by atoms with Crippen LogP contribution in [0.4, 0.5) is 10.2 Å². The fraction of sp³-hybridized carbons (Fsp3) is 0.400. The van der Waals surface area contributed by atoms with Crippen molar-refractivity contribution >= 4 is 11.7 Å². The Morgan fingerprint density at radius 1 is 1.15 bits per heavy atom. The molecule has 1 amide bonds. The molecule has 1 aromatic heterocycles. The van der Waals surface area contributed by atoms with Gasteiger partial charge in [0.05, 0.1) is 5.56 Å². The first-order chi connectivity index (χ1) is 12.7. The van der Waals surface area contributed by atoms with E-state index in [4.69, 9.17) is 0 Å². The molecule has 0 atom stereocenters. The number of likely N-dealkylation sites (N-methyl/N-ethyl adjacent to an activating group) is 1. The molecule has 0 unspecified atom stereocenters. The number of nitrogens with one attached hydrogen (secondary N) is 1. The molecule has 0 spiro atoms. The molecule has 1 fully saturated rings. The molecule has 6 heteroatoms. The van der Waals surface area contributed by atoms with Crippen LogP contribution in [0.2, 0.25) is 0 Å². The zero-order chi connectivity index (χ0) is 18.4. The Morgan fingerprint density at radius 2 is 1.92 bits per heavy atom. The van der Waals surface area contributed by atoms with Crippen molar-refractivity contribution in [3.63, 3.8) is 0 Å². The third-order valence-corrected chi connectivity index (χ3v) is 4.78. The number of aromatic nitrogens is 1. The first-order valence-corrected chi connectivity index (χ1v) is 9.12. The quantitative estimate of drug-likeness (QED) is 0.864. The van der Waals surface area contributed by atoms with Crippen molar-refractivity contribution in [2.75, 3.05) is 44.6 Å². The summed E-state index contributed by atoms with van der Waals surface area (Å²) in [4.78, 5) is 21.1. The first kappa shape index (κ1) is 18.3. The summed E-state index contributed by atoms with van der Waals surface area (Å²) in [7, 11) is 0. The zero-order valence-corrected chi connectivity index (χ0v) is 15.1. The fourth-order valence-electron chi connectivity index (χ4n) is 3.10. The van der Waals surface area contributed by atoms with Crippen LogP contribution in [-0.2, 0) is 6.42 Å². The second kappa shape index (κ2) is 8.76. The summed E-state index contributed by atoms with van der Waals surface area (Å²) in [6, 6.07) is 10.4. The predicted molar refractivity (Wildman–Crippen MR) is 101 cm³/mol. The third kappa shape index (κ3) is 4.58. The maximum Gasteiger partial charge on any atom is 0.255 e. The molecule has 1 N–H and O–H groups in total. The second-order valence-corrected chi connectivity index (χ2v) is 6.43. The van der Waals surface area contributed by atoms with Crippen LogP contribution in [0.3, 0.4) is 0 Å². The van der Waals surface area contributed by atoms with E-state index in [0.29, 0.717) is 29.9 Å². The SMILES string of the molecule is CCN1CCN(C(=O)c2ccc(NCCc3ccccc3F)nc2)CC1. The summed E-state index contributed by atoms with van der Waals surface area (Å²) >= 11 is 0. The van der Waals surface area contributed by atoms with Crippen LogP contribution in [0, 0.1) is 5.82 Å². The van der Waals surface area contributed by atoms with Crippen LogP contribution < -0.4 is 5.32 Å². The number of amides is 1. The molecule has 2 heterocycles. The molecular weight excluding hydrogens is 331 g/mol. The maximum absolute atomic E-state index is 13.6. The normalized spacial score (nSPS) is 15.1. The van der Waals surface area contributed by atoms with Gasteiger partial charge in [0.15, 0.2) is 0 Å². The summed E-state index contributed by atoms with van der Waals surface area (Å²) in [5, 5.41) is 3.17. The lowest BCUT2D eigenvalue weighted by Gasteiger charge is -2.34. The summed E-state index contributed by atoms with van der Waals surface area (Å²) in [5.74, 6) is 0.534. The van der Waals surface area contributed by atoms with Crippen LogP contribution in [-0.4, -0.2) is 60.0 Å². The van der Waals surface area contributed by atoms with Crippen molar-refractivity contribution in [2.24, 2.45) is 0 Å². The Bertz CT molecular complexity index is 727. The lowest BCUT2D eigenvalue weighted by molar-refractivity contribution is 0.0643. The number of hydrogen-bond donors (Lipinski definition) is 1. The number of benzene rings is 1. The molecule has 0 bridgehead atoms. The Labute approximate surface area is 153 Å². The van der Waals surface area contributed by atoms with Crippen molar-refractivity contribution in [1.29, 1.82) is 0 Å². The molecule has 0 aliphatic carbocycles. The number of nitrogens with zero attached hydrogens (tertiary/aromatic N) is 3. The Hall–Kier alpha value is -2.47. The second-order valence-electron chi connectivity index (χ2n) is 6.43. The van der Waals surface area contributed by atoms with Crippen molar-refractivity contribution in [3.8, 4) is 0 Å². The van der Waals surface area contributed by atoms with Crippen molar-refractivity contribution < 1.29 is 9.18 Å². The minimum atomic E-state index is -0.189. The number of anilines is 1. The first-order valence-electron chi connectivity index (χ1n) is 9.12.